The number of non-ortho nitro benzene ring substituents is 1. The first-order chi connectivity index (χ1) is 10.2. The molecule has 0 aliphatic heterocycles. The maximum atomic E-state index is 10.9. The topological polar surface area (TPSA) is 90.2 Å². The molecule has 0 aliphatic carbocycles. The fourth-order valence-electron chi connectivity index (χ4n) is 1.91. The van der Waals surface area contributed by atoms with Crippen LogP contribution >= 0.6 is 11.3 Å². The first-order valence-electron chi connectivity index (χ1n) is 5.96. The molecule has 0 atom stereocenters. The molecule has 0 saturated carbocycles. The first-order valence-corrected chi connectivity index (χ1v) is 6.84. The van der Waals surface area contributed by atoms with Crippen molar-refractivity contribution in [3.05, 3.63) is 46.1 Å². The monoisotopic (exact) mass is 302 g/mol. The molecule has 3 aromatic rings. The van der Waals surface area contributed by atoms with Crippen molar-refractivity contribution in [2.24, 2.45) is 0 Å². The average molecular weight is 302 g/mol. The summed E-state index contributed by atoms with van der Waals surface area (Å²) in [6, 6.07) is 6.25. The van der Waals surface area contributed by atoms with Crippen molar-refractivity contribution < 1.29 is 9.66 Å². The Bertz CT molecular complexity index is 818. The number of fused-ring (bicyclic) bond motifs is 1. The summed E-state index contributed by atoms with van der Waals surface area (Å²) in [5.41, 5.74) is 1.29. The number of anilines is 2. The molecule has 0 unspecified atom stereocenters. The zero-order valence-corrected chi connectivity index (χ0v) is 11.8. The Labute approximate surface area is 123 Å². The highest BCUT2D eigenvalue weighted by Crippen LogP contribution is 2.34. The van der Waals surface area contributed by atoms with Crippen LogP contribution in [0.3, 0.4) is 0 Å². The van der Waals surface area contributed by atoms with Crippen molar-refractivity contribution in [1.29, 1.82) is 0 Å². The van der Waals surface area contributed by atoms with Crippen LogP contribution in [0.25, 0.3) is 10.2 Å². The number of nitro benzene ring substituents is 1. The SMILES string of the molecule is COc1ccc([N+](=O)[O-])cc1Nc1ncnc2ccsc12. The third-order valence-corrected chi connectivity index (χ3v) is 3.80. The number of benzene rings is 1. The van der Waals surface area contributed by atoms with E-state index in [0.29, 0.717) is 17.3 Å². The van der Waals surface area contributed by atoms with Gasteiger partial charge in [0.15, 0.2) is 5.82 Å². The van der Waals surface area contributed by atoms with Crippen molar-refractivity contribution in [2.45, 2.75) is 0 Å². The summed E-state index contributed by atoms with van der Waals surface area (Å²) in [7, 11) is 1.51. The molecule has 7 nitrogen and oxygen atoms in total. The average Bonchev–Trinajstić information content (AvgIpc) is 2.96. The largest absolute Gasteiger partial charge is 0.495 e. The second kappa shape index (κ2) is 5.33. The number of hydrogen-bond donors (Lipinski definition) is 1. The molecule has 21 heavy (non-hydrogen) atoms. The van der Waals surface area contributed by atoms with Gasteiger partial charge >= 0.3 is 0 Å². The molecule has 2 heterocycles. The van der Waals surface area contributed by atoms with Crippen molar-refractivity contribution in [3.63, 3.8) is 0 Å². The molecule has 3 rings (SSSR count). The van der Waals surface area contributed by atoms with E-state index in [4.69, 9.17) is 4.74 Å². The number of hydrogen-bond acceptors (Lipinski definition) is 7. The van der Waals surface area contributed by atoms with Gasteiger partial charge in [0.25, 0.3) is 5.69 Å². The standard InChI is InChI=1S/C13H10N4O3S/c1-20-11-3-2-8(17(18)19)6-10(11)16-13-12-9(4-5-21-12)14-7-15-13/h2-7H,1H3,(H,14,15,16). The van der Waals surface area contributed by atoms with Gasteiger partial charge in [0.05, 0.1) is 27.9 Å². The third kappa shape index (κ3) is 2.48. The predicted molar refractivity (Wildman–Crippen MR) is 80.3 cm³/mol. The maximum absolute atomic E-state index is 10.9. The van der Waals surface area contributed by atoms with E-state index in [1.807, 2.05) is 11.4 Å². The summed E-state index contributed by atoms with van der Waals surface area (Å²) >= 11 is 1.49. The molecule has 0 spiro atoms. The van der Waals surface area contributed by atoms with Gasteiger partial charge in [-0.1, -0.05) is 0 Å². The van der Waals surface area contributed by atoms with Crippen LogP contribution in [0.1, 0.15) is 0 Å². The van der Waals surface area contributed by atoms with Crippen LogP contribution in [0.15, 0.2) is 36.0 Å². The molecular formula is C13H10N4O3S. The van der Waals surface area contributed by atoms with Gasteiger partial charge in [0.1, 0.15) is 12.1 Å². The molecule has 0 bridgehead atoms. The Morgan fingerprint density at radius 1 is 1.33 bits per heavy atom. The Morgan fingerprint density at radius 2 is 2.19 bits per heavy atom. The number of nitrogens with zero attached hydrogens (tertiary/aromatic N) is 3. The minimum absolute atomic E-state index is 0.0187. The van der Waals surface area contributed by atoms with Crippen LogP contribution in [-0.4, -0.2) is 22.0 Å². The van der Waals surface area contributed by atoms with E-state index in [1.54, 1.807) is 6.07 Å². The van der Waals surface area contributed by atoms with E-state index in [9.17, 15) is 10.1 Å². The number of aromatic nitrogens is 2. The van der Waals surface area contributed by atoms with Gasteiger partial charge in [-0.15, -0.1) is 11.3 Å². The number of nitrogens with one attached hydrogen (secondary N) is 1. The number of rotatable bonds is 4. The zero-order valence-electron chi connectivity index (χ0n) is 10.9. The Balaban J connectivity index is 2.06. The molecule has 0 fully saturated rings. The fraction of sp³-hybridized carbons (Fsp3) is 0.0769. The molecule has 0 amide bonds. The minimum atomic E-state index is -0.453. The fourth-order valence-corrected chi connectivity index (χ4v) is 2.70. The van der Waals surface area contributed by atoms with E-state index in [1.165, 1.54) is 36.9 Å². The first kappa shape index (κ1) is 13.3. The van der Waals surface area contributed by atoms with E-state index < -0.39 is 4.92 Å². The summed E-state index contributed by atoms with van der Waals surface area (Å²) in [4.78, 5) is 18.8. The number of thiophene rings is 1. The molecule has 0 aliphatic rings. The predicted octanol–water partition coefficient (Wildman–Crippen LogP) is 3.35. The number of ether oxygens (including phenoxy) is 1. The summed E-state index contributed by atoms with van der Waals surface area (Å²) in [6.07, 6.45) is 1.45. The Hall–Kier alpha value is -2.74. The van der Waals surface area contributed by atoms with Gasteiger partial charge < -0.3 is 10.1 Å². The summed E-state index contributed by atoms with van der Waals surface area (Å²) < 4.78 is 6.10. The molecular weight excluding hydrogens is 292 g/mol. The lowest BCUT2D eigenvalue weighted by Crippen LogP contribution is -1.98. The van der Waals surface area contributed by atoms with E-state index in [0.717, 1.165) is 10.2 Å². The van der Waals surface area contributed by atoms with E-state index in [-0.39, 0.29) is 5.69 Å². The van der Waals surface area contributed by atoms with Gasteiger partial charge in [-0.25, -0.2) is 9.97 Å². The van der Waals surface area contributed by atoms with Crippen molar-refractivity contribution in [3.8, 4) is 5.75 Å². The Morgan fingerprint density at radius 3 is 2.95 bits per heavy atom. The van der Waals surface area contributed by atoms with Gasteiger partial charge in [-0.05, 0) is 17.5 Å². The normalized spacial score (nSPS) is 10.5. The lowest BCUT2D eigenvalue weighted by atomic mass is 10.2. The highest BCUT2D eigenvalue weighted by atomic mass is 32.1. The molecule has 0 saturated heterocycles. The highest BCUT2D eigenvalue weighted by molar-refractivity contribution is 7.17. The highest BCUT2D eigenvalue weighted by Gasteiger charge is 2.13. The van der Waals surface area contributed by atoms with Crippen LogP contribution in [0, 0.1) is 10.1 Å². The molecule has 0 radical (unpaired) electrons. The maximum Gasteiger partial charge on any atom is 0.271 e. The van der Waals surface area contributed by atoms with Crippen LogP contribution in [0.5, 0.6) is 5.75 Å². The van der Waals surface area contributed by atoms with Crippen LogP contribution in [-0.2, 0) is 0 Å². The summed E-state index contributed by atoms with van der Waals surface area (Å²) in [5.74, 6) is 1.10. The van der Waals surface area contributed by atoms with Crippen molar-refractivity contribution >= 4 is 38.7 Å². The van der Waals surface area contributed by atoms with Gasteiger partial charge in [0.2, 0.25) is 0 Å². The Kier molecular flexibility index (Phi) is 3.36. The van der Waals surface area contributed by atoms with Gasteiger partial charge in [0, 0.05) is 12.1 Å². The lowest BCUT2D eigenvalue weighted by Gasteiger charge is -2.10. The number of nitro groups is 1. The van der Waals surface area contributed by atoms with Gasteiger partial charge in [-0.3, -0.25) is 10.1 Å². The lowest BCUT2D eigenvalue weighted by molar-refractivity contribution is -0.384. The summed E-state index contributed by atoms with van der Waals surface area (Å²) in [6.45, 7) is 0. The smallest absolute Gasteiger partial charge is 0.271 e. The van der Waals surface area contributed by atoms with Crippen molar-refractivity contribution in [2.75, 3.05) is 12.4 Å². The second-order valence-corrected chi connectivity index (χ2v) is 5.04. The number of methoxy groups -OCH3 is 1. The van der Waals surface area contributed by atoms with Crippen LogP contribution in [0.4, 0.5) is 17.2 Å². The molecule has 8 heteroatoms. The molecule has 106 valence electrons. The van der Waals surface area contributed by atoms with Crippen LogP contribution < -0.4 is 10.1 Å². The third-order valence-electron chi connectivity index (χ3n) is 2.89. The molecule has 2 aromatic heterocycles. The van der Waals surface area contributed by atoms with E-state index in [2.05, 4.69) is 15.3 Å². The zero-order chi connectivity index (χ0) is 14.8. The van der Waals surface area contributed by atoms with Crippen LogP contribution in [0.2, 0.25) is 0 Å². The van der Waals surface area contributed by atoms with Crippen molar-refractivity contribution in [1.82, 2.24) is 9.97 Å². The molecule has 1 aromatic carbocycles. The quantitative estimate of drug-likeness (QED) is 0.587. The molecule has 1 N–H and O–H groups in total. The van der Waals surface area contributed by atoms with E-state index >= 15 is 0 Å². The summed E-state index contributed by atoms with van der Waals surface area (Å²) in [5, 5.41) is 15.9. The second-order valence-electron chi connectivity index (χ2n) is 4.12. The minimum Gasteiger partial charge on any atom is -0.495 e. The van der Waals surface area contributed by atoms with Gasteiger partial charge in [-0.2, -0.15) is 0 Å².